The zero-order chi connectivity index (χ0) is 20.9. The maximum Gasteiger partial charge on any atom is 0.227 e. The van der Waals surface area contributed by atoms with E-state index in [1.807, 2.05) is 47.2 Å². The third-order valence-corrected chi connectivity index (χ3v) is 5.70. The fourth-order valence-corrected chi connectivity index (χ4v) is 4.01. The molecule has 2 aromatic carbocycles. The summed E-state index contributed by atoms with van der Waals surface area (Å²) in [6.45, 7) is 0. The number of aryl methyl sites for hydroxylation is 1. The summed E-state index contributed by atoms with van der Waals surface area (Å²) in [5.41, 5.74) is 2.08. The van der Waals surface area contributed by atoms with Gasteiger partial charge in [-0.1, -0.05) is 57.5 Å². The molecule has 0 aliphatic rings. The van der Waals surface area contributed by atoms with Crippen molar-refractivity contribution in [3.8, 4) is 11.4 Å². The van der Waals surface area contributed by atoms with Crippen molar-refractivity contribution in [2.45, 2.75) is 18.9 Å². The second-order valence-electron chi connectivity index (χ2n) is 6.60. The van der Waals surface area contributed by atoms with Crippen molar-refractivity contribution in [1.29, 1.82) is 0 Å². The van der Waals surface area contributed by atoms with E-state index in [-0.39, 0.29) is 12.3 Å². The fraction of sp³-hybridized carbons (Fsp3) is 0.136. The summed E-state index contributed by atoms with van der Waals surface area (Å²) in [4.78, 5) is 17.0. The standard InChI is InChI=1S/C22H17BrFN3O2S/c23-16-6-7-17(18(24)12-16)21(14-4-2-1-3-5-14)25-19(28)8-9-20-26-22(27-29-20)15-10-11-30-13-15/h1-7,10-13,21H,8-9H2,(H,25,28). The van der Waals surface area contributed by atoms with Gasteiger partial charge in [-0.05, 0) is 29.1 Å². The summed E-state index contributed by atoms with van der Waals surface area (Å²) in [7, 11) is 0. The minimum atomic E-state index is -0.601. The van der Waals surface area contributed by atoms with E-state index in [1.54, 1.807) is 23.5 Å². The number of hydrogen-bond donors (Lipinski definition) is 1. The number of carbonyl (C=O) groups excluding carboxylic acids is 1. The molecular weight excluding hydrogens is 469 g/mol. The Bertz CT molecular complexity index is 1130. The molecule has 8 heteroatoms. The molecule has 152 valence electrons. The Morgan fingerprint density at radius 2 is 2.03 bits per heavy atom. The average Bonchev–Trinajstić information content (AvgIpc) is 3.43. The molecule has 0 spiro atoms. The van der Waals surface area contributed by atoms with Crippen LogP contribution in [0.2, 0.25) is 0 Å². The predicted molar refractivity (Wildman–Crippen MR) is 116 cm³/mol. The van der Waals surface area contributed by atoms with E-state index in [0.717, 1.165) is 11.1 Å². The second-order valence-corrected chi connectivity index (χ2v) is 8.30. The van der Waals surface area contributed by atoms with Crippen LogP contribution in [0.5, 0.6) is 0 Å². The van der Waals surface area contributed by atoms with Crippen LogP contribution in [-0.2, 0) is 11.2 Å². The van der Waals surface area contributed by atoms with E-state index in [9.17, 15) is 9.18 Å². The molecule has 1 atom stereocenters. The van der Waals surface area contributed by atoms with Crippen molar-refractivity contribution in [2.24, 2.45) is 0 Å². The smallest absolute Gasteiger partial charge is 0.227 e. The first-order chi connectivity index (χ1) is 14.6. The van der Waals surface area contributed by atoms with Crippen LogP contribution in [0.3, 0.4) is 0 Å². The van der Waals surface area contributed by atoms with Crippen LogP contribution in [0, 0.1) is 5.82 Å². The number of nitrogens with one attached hydrogen (secondary N) is 1. The Morgan fingerprint density at radius 1 is 1.20 bits per heavy atom. The summed E-state index contributed by atoms with van der Waals surface area (Å²) in [5.74, 6) is 0.264. The largest absolute Gasteiger partial charge is 0.345 e. The molecular formula is C22H17BrFN3O2S. The van der Waals surface area contributed by atoms with E-state index in [1.165, 1.54) is 6.07 Å². The van der Waals surface area contributed by atoms with Gasteiger partial charge >= 0.3 is 0 Å². The lowest BCUT2D eigenvalue weighted by Crippen LogP contribution is -2.30. The van der Waals surface area contributed by atoms with Crippen molar-refractivity contribution in [2.75, 3.05) is 0 Å². The number of carbonyl (C=O) groups is 1. The lowest BCUT2D eigenvalue weighted by Gasteiger charge is -2.20. The molecule has 2 heterocycles. The number of amides is 1. The Morgan fingerprint density at radius 3 is 2.77 bits per heavy atom. The van der Waals surface area contributed by atoms with Gasteiger partial charge in [-0.2, -0.15) is 16.3 Å². The van der Waals surface area contributed by atoms with Gasteiger partial charge in [0.1, 0.15) is 5.82 Å². The summed E-state index contributed by atoms with van der Waals surface area (Å²) in [6.07, 6.45) is 0.444. The Labute approximate surface area is 185 Å². The highest BCUT2D eigenvalue weighted by molar-refractivity contribution is 9.10. The third kappa shape index (κ3) is 4.83. The number of benzene rings is 2. The highest BCUT2D eigenvalue weighted by Gasteiger charge is 2.21. The first-order valence-electron chi connectivity index (χ1n) is 9.24. The van der Waals surface area contributed by atoms with E-state index in [2.05, 4.69) is 31.4 Å². The molecule has 5 nitrogen and oxygen atoms in total. The molecule has 0 saturated carbocycles. The second kappa shape index (κ2) is 9.32. The van der Waals surface area contributed by atoms with Crippen LogP contribution in [0.1, 0.15) is 29.5 Å². The monoisotopic (exact) mass is 485 g/mol. The van der Waals surface area contributed by atoms with E-state index < -0.39 is 11.9 Å². The van der Waals surface area contributed by atoms with E-state index in [0.29, 0.717) is 28.2 Å². The Hall–Kier alpha value is -2.84. The zero-order valence-electron chi connectivity index (χ0n) is 15.7. The van der Waals surface area contributed by atoms with Gasteiger partial charge in [-0.15, -0.1) is 0 Å². The van der Waals surface area contributed by atoms with Gasteiger partial charge in [-0.3, -0.25) is 4.79 Å². The van der Waals surface area contributed by atoms with Gasteiger partial charge < -0.3 is 9.84 Å². The van der Waals surface area contributed by atoms with Crippen molar-refractivity contribution in [1.82, 2.24) is 15.5 Å². The van der Waals surface area contributed by atoms with Crippen LogP contribution in [-0.4, -0.2) is 16.0 Å². The summed E-state index contributed by atoms with van der Waals surface area (Å²) >= 11 is 4.82. The molecule has 4 aromatic rings. The lowest BCUT2D eigenvalue weighted by molar-refractivity contribution is -0.121. The molecule has 0 fully saturated rings. The van der Waals surface area contributed by atoms with Gasteiger partial charge in [0, 0.05) is 33.8 Å². The van der Waals surface area contributed by atoms with Gasteiger partial charge in [0.25, 0.3) is 0 Å². The van der Waals surface area contributed by atoms with Gasteiger partial charge in [0.05, 0.1) is 6.04 Å². The molecule has 2 aromatic heterocycles. The number of rotatable bonds is 7. The van der Waals surface area contributed by atoms with Gasteiger partial charge in [0.15, 0.2) is 0 Å². The minimum Gasteiger partial charge on any atom is -0.345 e. The van der Waals surface area contributed by atoms with Gasteiger partial charge in [-0.25, -0.2) is 4.39 Å². The third-order valence-electron chi connectivity index (χ3n) is 4.53. The molecule has 1 amide bonds. The SMILES string of the molecule is O=C(CCc1nc(-c2ccsc2)no1)NC(c1ccccc1)c1ccc(Br)cc1F. The molecule has 4 rings (SSSR count). The minimum absolute atomic E-state index is 0.146. The highest BCUT2D eigenvalue weighted by atomic mass is 79.9. The molecule has 1 unspecified atom stereocenters. The highest BCUT2D eigenvalue weighted by Crippen LogP contribution is 2.27. The molecule has 0 bridgehead atoms. The van der Waals surface area contributed by atoms with Crippen molar-refractivity contribution >= 4 is 33.2 Å². The molecule has 0 aliphatic heterocycles. The van der Waals surface area contributed by atoms with Crippen molar-refractivity contribution in [3.63, 3.8) is 0 Å². The topological polar surface area (TPSA) is 68.0 Å². The zero-order valence-corrected chi connectivity index (χ0v) is 18.1. The number of nitrogens with zero attached hydrogens (tertiary/aromatic N) is 2. The van der Waals surface area contributed by atoms with E-state index in [4.69, 9.17) is 4.52 Å². The normalized spacial score (nSPS) is 11.9. The van der Waals surface area contributed by atoms with Gasteiger partial charge in [0.2, 0.25) is 17.6 Å². The van der Waals surface area contributed by atoms with E-state index >= 15 is 0 Å². The average molecular weight is 486 g/mol. The Kier molecular flexibility index (Phi) is 6.35. The Balaban J connectivity index is 1.47. The van der Waals surface area contributed by atoms with Crippen LogP contribution < -0.4 is 5.32 Å². The molecule has 30 heavy (non-hydrogen) atoms. The van der Waals surface area contributed by atoms with Crippen LogP contribution in [0.15, 0.2) is 74.4 Å². The van der Waals surface area contributed by atoms with Crippen molar-refractivity contribution < 1.29 is 13.7 Å². The summed E-state index contributed by atoms with van der Waals surface area (Å²) in [5, 5.41) is 10.7. The predicted octanol–water partition coefficient (Wildman–Crippen LogP) is 5.54. The maximum atomic E-state index is 14.6. The van der Waals surface area contributed by atoms with Crippen LogP contribution in [0.4, 0.5) is 4.39 Å². The summed E-state index contributed by atoms with van der Waals surface area (Å²) in [6, 6.07) is 15.4. The number of hydrogen-bond acceptors (Lipinski definition) is 5. The number of aromatic nitrogens is 2. The van der Waals surface area contributed by atoms with Crippen LogP contribution >= 0.6 is 27.3 Å². The van der Waals surface area contributed by atoms with Crippen LogP contribution in [0.25, 0.3) is 11.4 Å². The summed E-state index contributed by atoms with van der Waals surface area (Å²) < 4.78 is 20.5. The maximum absolute atomic E-state index is 14.6. The molecule has 0 radical (unpaired) electrons. The number of thiophene rings is 1. The number of halogens is 2. The quantitative estimate of drug-likeness (QED) is 0.373. The lowest BCUT2D eigenvalue weighted by atomic mass is 9.98. The molecule has 0 aliphatic carbocycles. The first-order valence-corrected chi connectivity index (χ1v) is 11.0. The van der Waals surface area contributed by atoms with Crippen molar-refractivity contribution in [3.05, 3.63) is 92.7 Å². The fourth-order valence-electron chi connectivity index (χ4n) is 3.04. The molecule has 1 N–H and O–H groups in total. The first kappa shape index (κ1) is 20.4. The molecule has 0 saturated heterocycles.